The van der Waals surface area contributed by atoms with Gasteiger partial charge in [-0.2, -0.15) is 0 Å². The van der Waals surface area contributed by atoms with Crippen LogP contribution < -0.4 is 10.6 Å². The zero-order valence-electron chi connectivity index (χ0n) is 16.7. The summed E-state index contributed by atoms with van der Waals surface area (Å²) in [5.41, 5.74) is 2.59. The molecule has 160 valence electrons. The second kappa shape index (κ2) is 11.6. The van der Waals surface area contributed by atoms with Gasteiger partial charge in [0.1, 0.15) is 12.6 Å². The molecule has 0 aliphatic carbocycles. The molecule has 0 saturated carbocycles. The van der Waals surface area contributed by atoms with E-state index < -0.39 is 30.1 Å². The van der Waals surface area contributed by atoms with E-state index >= 15 is 0 Å². The van der Waals surface area contributed by atoms with E-state index in [1.807, 2.05) is 55.5 Å². The summed E-state index contributed by atoms with van der Waals surface area (Å²) in [5, 5.41) is 24.1. The zero-order valence-corrected chi connectivity index (χ0v) is 16.7. The van der Waals surface area contributed by atoms with Crippen LogP contribution in [0.5, 0.6) is 0 Å². The third-order valence-corrected chi connectivity index (χ3v) is 4.27. The second-order valence-corrected chi connectivity index (χ2v) is 6.95. The maximum Gasteiger partial charge on any atom is 0.407 e. The first-order chi connectivity index (χ1) is 14.3. The Morgan fingerprint density at radius 2 is 1.73 bits per heavy atom. The van der Waals surface area contributed by atoms with Crippen molar-refractivity contribution in [3.05, 3.63) is 71.3 Å². The zero-order chi connectivity index (χ0) is 21.9. The third kappa shape index (κ3) is 8.32. The van der Waals surface area contributed by atoms with Crippen LogP contribution in [-0.4, -0.2) is 46.9 Å². The van der Waals surface area contributed by atoms with E-state index in [4.69, 9.17) is 4.74 Å². The fraction of sp³-hybridized carbons (Fsp3) is 0.318. The molecule has 8 nitrogen and oxygen atoms in total. The van der Waals surface area contributed by atoms with Crippen LogP contribution in [0.4, 0.5) is 4.79 Å². The van der Waals surface area contributed by atoms with Crippen LogP contribution in [-0.2, 0) is 27.4 Å². The van der Waals surface area contributed by atoms with Gasteiger partial charge in [-0.3, -0.25) is 4.79 Å². The van der Waals surface area contributed by atoms with Crippen LogP contribution >= 0.6 is 0 Å². The number of aliphatic carboxylic acids is 1. The lowest BCUT2D eigenvalue weighted by molar-refractivity contribution is -0.142. The molecule has 0 radical (unpaired) electrons. The number of carboxylic acids is 1. The molecule has 0 spiro atoms. The van der Waals surface area contributed by atoms with Gasteiger partial charge in [-0.25, -0.2) is 9.59 Å². The first kappa shape index (κ1) is 22.9. The van der Waals surface area contributed by atoms with E-state index in [2.05, 4.69) is 10.6 Å². The Bertz CT molecular complexity index is 856. The normalized spacial score (nSPS) is 12.5. The molecule has 2 amide bonds. The van der Waals surface area contributed by atoms with Crippen molar-refractivity contribution in [3.8, 4) is 0 Å². The number of amides is 2. The molecule has 2 aromatic rings. The minimum Gasteiger partial charge on any atom is -0.480 e. The SMILES string of the molecule is Cc1cccc(C[C@@H](NC(=O)C[C@H](O)CNC(=O)OCc2ccccc2)C(=O)O)c1. The summed E-state index contributed by atoms with van der Waals surface area (Å²) in [6.07, 6.45) is -2.12. The van der Waals surface area contributed by atoms with Crippen molar-refractivity contribution >= 4 is 18.0 Å². The predicted molar refractivity (Wildman–Crippen MR) is 110 cm³/mol. The van der Waals surface area contributed by atoms with Crippen LogP contribution in [0.25, 0.3) is 0 Å². The van der Waals surface area contributed by atoms with Gasteiger partial charge in [0, 0.05) is 13.0 Å². The lowest BCUT2D eigenvalue weighted by Crippen LogP contribution is -2.44. The van der Waals surface area contributed by atoms with Crippen molar-refractivity contribution in [1.82, 2.24) is 10.6 Å². The molecule has 2 atom stereocenters. The highest BCUT2D eigenvalue weighted by Gasteiger charge is 2.22. The third-order valence-electron chi connectivity index (χ3n) is 4.27. The summed E-state index contributed by atoms with van der Waals surface area (Å²) in [6, 6.07) is 15.3. The Kier molecular flexibility index (Phi) is 8.83. The van der Waals surface area contributed by atoms with Crippen molar-refractivity contribution in [2.45, 2.75) is 38.5 Å². The van der Waals surface area contributed by atoms with E-state index in [0.717, 1.165) is 16.7 Å². The number of ether oxygens (including phenoxy) is 1. The number of alkyl carbamates (subject to hydrolysis) is 1. The summed E-state index contributed by atoms with van der Waals surface area (Å²) in [4.78, 5) is 35.2. The largest absolute Gasteiger partial charge is 0.480 e. The highest BCUT2D eigenvalue weighted by atomic mass is 16.5. The smallest absolute Gasteiger partial charge is 0.407 e. The molecule has 8 heteroatoms. The molecule has 2 aromatic carbocycles. The summed E-state index contributed by atoms with van der Waals surface area (Å²) < 4.78 is 5.02. The fourth-order valence-corrected chi connectivity index (χ4v) is 2.79. The number of benzene rings is 2. The Labute approximate surface area is 174 Å². The van der Waals surface area contributed by atoms with Crippen LogP contribution in [0.3, 0.4) is 0 Å². The Hall–Kier alpha value is -3.39. The lowest BCUT2D eigenvalue weighted by Gasteiger charge is -2.17. The van der Waals surface area contributed by atoms with E-state index in [-0.39, 0.29) is 26.0 Å². The lowest BCUT2D eigenvalue weighted by atomic mass is 10.0. The molecule has 0 aromatic heterocycles. The van der Waals surface area contributed by atoms with Gasteiger partial charge in [0.25, 0.3) is 0 Å². The Morgan fingerprint density at radius 1 is 1.03 bits per heavy atom. The van der Waals surface area contributed by atoms with Crippen LogP contribution in [0, 0.1) is 6.92 Å². The van der Waals surface area contributed by atoms with Crippen molar-refractivity contribution in [2.24, 2.45) is 0 Å². The summed E-state index contributed by atoms with van der Waals surface area (Å²) >= 11 is 0. The molecule has 0 aliphatic heterocycles. The molecule has 0 aliphatic rings. The molecule has 0 saturated heterocycles. The number of nitrogens with one attached hydrogen (secondary N) is 2. The van der Waals surface area contributed by atoms with Gasteiger partial charge < -0.3 is 25.6 Å². The molecule has 0 fully saturated rings. The number of carboxylic acid groups (broad SMARTS) is 1. The average molecular weight is 414 g/mol. The molecule has 4 N–H and O–H groups in total. The van der Waals surface area contributed by atoms with E-state index in [9.17, 15) is 24.6 Å². The minimum atomic E-state index is -1.18. The van der Waals surface area contributed by atoms with Gasteiger partial charge in [-0.05, 0) is 18.1 Å². The van der Waals surface area contributed by atoms with Gasteiger partial charge in [0.05, 0.1) is 12.5 Å². The first-order valence-electron chi connectivity index (χ1n) is 9.54. The highest BCUT2D eigenvalue weighted by Crippen LogP contribution is 2.08. The molecule has 2 rings (SSSR count). The maximum atomic E-state index is 12.1. The van der Waals surface area contributed by atoms with E-state index in [0.29, 0.717) is 0 Å². The molecule has 0 bridgehead atoms. The van der Waals surface area contributed by atoms with Crippen molar-refractivity contribution < 1.29 is 29.3 Å². The molecule has 30 heavy (non-hydrogen) atoms. The van der Waals surface area contributed by atoms with Gasteiger partial charge in [0.2, 0.25) is 5.91 Å². The Balaban J connectivity index is 1.73. The minimum absolute atomic E-state index is 0.0858. The molecule has 0 unspecified atom stereocenters. The fourth-order valence-electron chi connectivity index (χ4n) is 2.79. The van der Waals surface area contributed by atoms with Gasteiger partial charge in [-0.15, -0.1) is 0 Å². The standard InChI is InChI=1S/C22H26N2O6/c1-15-6-5-9-17(10-15)11-19(21(27)28)24-20(26)12-18(25)13-23-22(29)30-14-16-7-3-2-4-8-16/h2-10,18-19,25H,11-14H2,1H3,(H,23,29)(H,24,26)(H,27,28)/t18-,19+/m0/s1. The van der Waals surface area contributed by atoms with E-state index in [1.165, 1.54) is 0 Å². The average Bonchev–Trinajstić information content (AvgIpc) is 2.71. The van der Waals surface area contributed by atoms with Crippen molar-refractivity contribution in [2.75, 3.05) is 6.54 Å². The van der Waals surface area contributed by atoms with Gasteiger partial charge in [0.15, 0.2) is 0 Å². The number of aliphatic hydroxyl groups is 1. The quantitative estimate of drug-likeness (QED) is 0.470. The summed E-state index contributed by atoms with van der Waals surface area (Å²) in [7, 11) is 0. The number of aryl methyl sites for hydroxylation is 1. The number of aliphatic hydroxyl groups excluding tert-OH is 1. The molecular formula is C22H26N2O6. The van der Waals surface area contributed by atoms with Crippen LogP contribution in [0.2, 0.25) is 0 Å². The van der Waals surface area contributed by atoms with Gasteiger partial charge in [-0.1, -0.05) is 60.2 Å². The van der Waals surface area contributed by atoms with Crippen molar-refractivity contribution in [1.29, 1.82) is 0 Å². The molecular weight excluding hydrogens is 388 g/mol. The van der Waals surface area contributed by atoms with Crippen LogP contribution in [0.1, 0.15) is 23.1 Å². The number of carbonyl (C=O) groups excluding carboxylic acids is 2. The van der Waals surface area contributed by atoms with Gasteiger partial charge >= 0.3 is 12.1 Å². The second-order valence-electron chi connectivity index (χ2n) is 6.95. The molecule has 0 heterocycles. The highest BCUT2D eigenvalue weighted by molar-refractivity contribution is 5.84. The van der Waals surface area contributed by atoms with E-state index in [1.54, 1.807) is 6.07 Å². The first-order valence-corrected chi connectivity index (χ1v) is 9.54. The number of hydrogen-bond acceptors (Lipinski definition) is 5. The van der Waals surface area contributed by atoms with Crippen LogP contribution in [0.15, 0.2) is 54.6 Å². The Morgan fingerprint density at radius 3 is 2.40 bits per heavy atom. The number of carbonyl (C=O) groups is 3. The number of hydrogen-bond donors (Lipinski definition) is 4. The predicted octanol–water partition coefficient (Wildman–Crippen LogP) is 1.78. The topological polar surface area (TPSA) is 125 Å². The summed E-state index contributed by atoms with van der Waals surface area (Å²) in [5.74, 6) is -1.79. The number of rotatable bonds is 10. The van der Waals surface area contributed by atoms with Crippen molar-refractivity contribution in [3.63, 3.8) is 0 Å². The monoisotopic (exact) mass is 414 g/mol. The summed E-state index contributed by atoms with van der Waals surface area (Å²) in [6.45, 7) is 1.78. The maximum absolute atomic E-state index is 12.1.